The molecule has 0 aromatic heterocycles. The summed E-state index contributed by atoms with van der Waals surface area (Å²) >= 11 is 0. The molecule has 25 heavy (non-hydrogen) atoms. The second kappa shape index (κ2) is 8.13. The Kier molecular flexibility index (Phi) is 6.17. The molecule has 2 aromatic carbocycles. The minimum absolute atomic E-state index is 0.0255. The molecule has 0 atom stereocenters. The number of hydrogen-bond donors (Lipinski definition) is 2. The smallest absolute Gasteiger partial charge is 0.240 e. The maximum Gasteiger partial charge on any atom is 0.240 e. The molecule has 0 aliphatic rings. The van der Waals surface area contributed by atoms with E-state index in [9.17, 15) is 13.2 Å². The van der Waals surface area contributed by atoms with Gasteiger partial charge in [0, 0.05) is 18.7 Å². The number of carbonyl (C=O) groups excluding carboxylic acids is 1. The summed E-state index contributed by atoms with van der Waals surface area (Å²) in [6, 6.07) is 12.2. The van der Waals surface area contributed by atoms with E-state index in [1.807, 2.05) is 13.0 Å². The van der Waals surface area contributed by atoms with Gasteiger partial charge in [0.1, 0.15) is 5.75 Å². The number of ether oxygens (including phenoxy) is 1. The van der Waals surface area contributed by atoms with Crippen LogP contribution in [-0.4, -0.2) is 28.0 Å². The van der Waals surface area contributed by atoms with Crippen molar-refractivity contribution >= 4 is 21.6 Å². The number of carbonyl (C=O) groups is 1. The van der Waals surface area contributed by atoms with Gasteiger partial charge in [0.05, 0.1) is 12.0 Å². The number of amides is 1. The van der Waals surface area contributed by atoms with E-state index >= 15 is 0 Å². The zero-order valence-electron chi connectivity index (χ0n) is 14.5. The summed E-state index contributed by atoms with van der Waals surface area (Å²) in [5.74, 6) is 0.424. The molecule has 2 rings (SSSR count). The number of methoxy groups -OCH3 is 1. The zero-order valence-corrected chi connectivity index (χ0v) is 15.3. The van der Waals surface area contributed by atoms with E-state index < -0.39 is 10.0 Å². The van der Waals surface area contributed by atoms with E-state index in [-0.39, 0.29) is 23.8 Å². The predicted octanol–water partition coefficient (Wildman–Crippen LogP) is 2.62. The number of benzene rings is 2. The minimum Gasteiger partial charge on any atom is -0.497 e. The maximum absolute atomic E-state index is 12.4. The third-order valence-corrected chi connectivity index (χ3v) is 5.25. The lowest BCUT2D eigenvalue weighted by Gasteiger charge is -2.10. The molecule has 134 valence electrons. The number of nitrogens with one attached hydrogen (secondary N) is 2. The molecule has 0 fully saturated rings. The van der Waals surface area contributed by atoms with Crippen molar-refractivity contribution in [2.24, 2.45) is 0 Å². The fourth-order valence-corrected chi connectivity index (χ4v) is 3.63. The highest BCUT2D eigenvalue weighted by atomic mass is 32.2. The van der Waals surface area contributed by atoms with Gasteiger partial charge in [0.25, 0.3) is 0 Å². The van der Waals surface area contributed by atoms with Gasteiger partial charge in [-0.1, -0.05) is 12.1 Å². The minimum atomic E-state index is -3.64. The molecule has 0 saturated carbocycles. The van der Waals surface area contributed by atoms with Crippen LogP contribution in [0.2, 0.25) is 0 Å². The first-order valence-electron chi connectivity index (χ1n) is 7.82. The summed E-state index contributed by atoms with van der Waals surface area (Å²) in [5, 5.41) is 2.71. The molecule has 0 unspecified atom stereocenters. The van der Waals surface area contributed by atoms with Gasteiger partial charge >= 0.3 is 0 Å². The topological polar surface area (TPSA) is 84.5 Å². The SMILES string of the molecule is COc1ccc(NC(=O)CCNS(=O)(=O)c2cc(C)ccc2C)cc1. The highest BCUT2D eigenvalue weighted by Gasteiger charge is 2.17. The van der Waals surface area contributed by atoms with Crippen LogP contribution < -0.4 is 14.8 Å². The first kappa shape index (κ1) is 19.0. The van der Waals surface area contributed by atoms with E-state index in [4.69, 9.17) is 4.74 Å². The second-order valence-electron chi connectivity index (χ2n) is 5.69. The highest BCUT2D eigenvalue weighted by molar-refractivity contribution is 7.89. The molecule has 7 heteroatoms. The maximum atomic E-state index is 12.4. The summed E-state index contributed by atoms with van der Waals surface area (Å²) in [6.07, 6.45) is 0.0378. The van der Waals surface area contributed by atoms with Crippen molar-refractivity contribution in [1.82, 2.24) is 4.72 Å². The third-order valence-electron chi connectivity index (χ3n) is 3.65. The molecule has 1 amide bonds. The molecule has 2 aromatic rings. The molecule has 0 heterocycles. The van der Waals surface area contributed by atoms with Crippen LogP contribution in [0.25, 0.3) is 0 Å². The van der Waals surface area contributed by atoms with Crippen molar-refractivity contribution in [2.75, 3.05) is 19.0 Å². The van der Waals surface area contributed by atoms with Crippen molar-refractivity contribution in [3.05, 3.63) is 53.6 Å². The van der Waals surface area contributed by atoms with Crippen LogP contribution in [-0.2, 0) is 14.8 Å². The average Bonchev–Trinajstić information content (AvgIpc) is 2.57. The number of sulfonamides is 1. The number of hydrogen-bond acceptors (Lipinski definition) is 4. The van der Waals surface area contributed by atoms with Crippen molar-refractivity contribution < 1.29 is 17.9 Å². The lowest BCUT2D eigenvalue weighted by molar-refractivity contribution is -0.116. The van der Waals surface area contributed by atoms with Crippen LogP contribution in [0.15, 0.2) is 47.4 Å². The van der Waals surface area contributed by atoms with Crippen molar-refractivity contribution in [2.45, 2.75) is 25.2 Å². The van der Waals surface area contributed by atoms with Gasteiger partial charge in [-0.25, -0.2) is 13.1 Å². The van der Waals surface area contributed by atoms with Crippen molar-refractivity contribution in [1.29, 1.82) is 0 Å². The Morgan fingerprint density at radius 3 is 2.40 bits per heavy atom. The van der Waals surface area contributed by atoms with Crippen LogP contribution in [0.3, 0.4) is 0 Å². The van der Waals surface area contributed by atoms with E-state index in [1.54, 1.807) is 50.4 Å². The summed E-state index contributed by atoms with van der Waals surface area (Å²) in [4.78, 5) is 12.2. The molecule has 0 saturated heterocycles. The summed E-state index contributed by atoms with van der Waals surface area (Å²) in [6.45, 7) is 3.60. The van der Waals surface area contributed by atoms with Crippen LogP contribution in [0, 0.1) is 13.8 Å². The largest absolute Gasteiger partial charge is 0.497 e. The van der Waals surface area contributed by atoms with Crippen LogP contribution >= 0.6 is 0 Å². The Balaban J connectivity index is 1.90. The Labute approximate surface area is 148 Å². The predicted molar refractivity (Wildman–Crippen MR) is 97.3 cm³/mol. The number of aryl methyl sites for hydroxylation is 2. The Morgan fingerprint density at radius 2 is 1.76 bits per heavy atom. The molecular formula is C18H22N2O4S. The van der Waals surface area contributed by atoms with Crippen molar-refractivity contribution in [3.8, 4) is 5.75 Å². The highest BCUT2D eigenvalue weighted by Crippen LogP contribution is 2.17. The van der Waals surface area contributed by atoms with E-state index in [0.717, 1.165) is 5.56 Å². The fourth-order valence-electron chi connectivity index (χ4n) is 2.27. The molecule has 0 aliphatic heterocycles. The van der Waals surface area contributed by atoms with E-state index in [0.29, 0.717) is 17.0 Å². The fraction of sp³-hybridized carbons (Fsp3) is 0.278. The standard InChI is InChI=1S/C18H22N2O4S/c1-13-4-5-14(2)17(12-13)25(22,23)19-11-10-18(21)20-15-6-8-16(24-3)9-7-15/h4-9,12,19H,10-11H2,1-3H3,(H,20,21). The normalized spacial score (nSPS) is 11.2. The first-order chi connectivity index (χ1) is 11.8. The van der Waals surface area contributed by atoms with Gasteiger partial charge < -0.3 is 10.1 Å². The Morgan fingerprint density at radius 1 is 1.08 bits per heavy atom. The van der Waals surface area contributed by atoms with Crippen LogP contribution in [0.4, 0.5) is 5.69 Å². The van der Waals surface area contributed by atoms with E-state index in [1.165, 1.54) is 0 Å². The summed E-state index contributed by atoms with van der Waals surface area (Å²) in [5.41, 5.74) is 2.16. The van der Waals surface area contributed by atoms with Gasteiger partial charge in [-0.3, -0.25) is 4.79 Å². The van der Waals surface area contributed by atoms with Crippen molar-refractivity contribution in [3.63, 3.8) is 0 Å². The molecule has 0 aliphatic carbocycles. The second-order valence-corrected chi connectivity index (χ2v) is 7.43. The van der Waals surface area contributed by atoms with Crippen LogP contribution in [0.1, 0.15) is 17.5 Å². The van der Waals surface area contributed by atoms with Gasteiger partial charge in [-0.15, -0.1) is 0 Å². The molecular weight excluding hydrogens is 340 g/mol. The summed E-state index contributed by atoms with van der Waals surface area (Å²) < 4.78 is 32.2. The van der Waals surface area contributed by atoms with Gasteiger partial charge in [-0.2, -0.15) is 0 Å². The molecule has 2 N–H and O–H groups in total. The van der Waals surface area contributed by atoms with E-state index in [2.05, 4.69) is 10.0 Å². The first-order valence-corrected chi connectivity index (χ1v) is 9.31. The van der Waals surface area contributed by atoms with Gasteiger partial charge in [-0.05, 0) is 55.3 Å². The van der Waals surface area contributed by atoms with Gasteiger partial charge in [0.15, 0.2) is 0 Å². The number of rotatable bonds is 7. The lowest BCUT2D eigenvalue weighted by atomic mass is 10.2. The van der Waals surface area contributed by atoms with Crippen LogP contribution in [0.5, 0.6) is 5.75 Å². The molecule has 0 radical (unpaired) electrons. The monoisotopic (exact) mass is 362 g/mol. The average molecular weight is 362 g/mol. The molecule has 6 nitrogen and oxygen atoms in total. The quantitative estimate of drug-likeness (QED) is 0.793. The molecule has 0 spiro atoms. The Hall–Kier alpha value is -2.38. The lowest BCUT2D eigenvalue weighted by Crippen LogP contribution is -2.28. The Bertz CT molecular complexity index is 846. The summed E-state index contributed by atoms with van der Waals surface area (Å²) in [7, 11) is -2.07. The zero-order chi connectivity index (χ0) is 18.4. The number of anilines is 1. The van der Waals surface area contributed by atoms with Gasteiger partial charge in [0.2, 0.25) is 15.9 Å². The third kappa shape index (κ3) is 5.30. The molecule has 0 bridgehead atoms.